The molecule has 5 heteroatoms. The van der Waals surface area contributed by atoms with Crippen molar-refractivity contribution in [3.63, 3.8) is 0 Å². The molecule has 0 spiro atoms. The molecule has 0 N–H and O–H groups in total. The number of fused-ring (bicyclic) bond motifs is 1. The summed E-state index contributed by atoms with van der Waals surface area (Å²) in [6, 6.07) is 11.0. The van der Waals surface area contributed by atoms with Crippen molar-refractivity contribution in [3.05, 3.63) is 35.9 Å². The fraction of sp³-hybridized carbons (Fsp3) is 0.647. The Balaban J connectivity index is 1.66. The summed E-state index contributed by atoms with van der Waals surface area (Å²) in [6.07, 6.45) is 3.78. The van der Waals surface area contributed by atoms with Crippen LogP contribution in [0.3, 0.4) is 0 Å². The molecule has 0 unspecified atom stereocenters. The molecule has 120 valence electrons. The molecule has 0 amide bonds. The summed E-state index contributed by atoms with van der Waals surface area (Å²) in [4.78, 5) is 2.36. The molecule has 2 aliphatic heterocycles. The van der Waals surface area contributed by atoms with Gasteiger partial charge in [0.25, 0.3) is 0 Å². The van der Waals surface area contributed by atoms with Crippen LogP contribution in [0.25, 0.3) is 0 Å². The molecule has 4 nitrogen and oxygen atoms in total. The molecule has 0 radical (unpaired) electrons. The maximum Gasteiger partial charge on any atom is 0.217 e. The largest absolute Gasteiger partial charge is 0.301 e. The molecule has 0 aromatic heterocycles. The van der Waals surface area contributed by atoms with Crippen LogP contribution in [0.5, 0.6) is 0 Å². The molecule has 1 aliphatic carbocycles. The van der Waals surface area contributed by atoms with Crippen LogP contribution in [0.15, 0.2) is 30.3 Å². The number of likely N-dealkylation sites (N-methyl/N-ethyl adjacent to an activating group) is 1. The molecule has 4 rings (SSSR count). The molecule has 2 saturated heterocycles. The second-order valence-corrected chi connectivity index (χ2v) is 9.33. The Labute approximate surface area is 133 Å². The maximum atomic E-state index is 12.6. The lowest BCUT2D eigenvalue weighted by molar-refractivity contribution is 0.147. The van der Waals surface area contributed by atoms with Gasteiger partial charge in [0.15, 0.2) is 0 Å². The monoisotopic (exact) mass is 320 g/mol. The van der Waals surface area contributed by atoms with Gasteiger partial charge < -0.3 is 4.90 Å². The predicted octanol–water partition coefficient (Wildman–Crippen LogP) is 1.83. The van der Waals surface area contributed by atoms with Crippen LogP contribution in [-0.2, 0) is 15.4 Å². The molecule has 1 aromatic carbocycles. The van der Waals surface area contributed by atoms with E-state index in [1.165, 1.54) is 5.56 Å². The Morgan fingerprint density at radius 2 is 1.77 bits per heavy atom. The highest BCUT2D eigenvalue weighted by Crippen LogP contribution is 2.46. The minimum Gasteiger partial charge on any atom is -0.301 e. The first-order valence-corrected chi connectivity index (χ1v) is 9.79. The summed E-state index contributed by atoms with van der Waals surface area (Å²) in [5, 5.41) is -0.0940. The third-order valence-electron chi connectivity index (χ3n) is 5.92. The molecular formula is C17H24N2O2S. The van der Waals surface area contributed by atoms with E-state index in [9.17, 15) is 8.42 Å². The predicted molar refractivity (Wildman–Crippen MR) is 87.3 cm³/mol. The van der Waals surface area contributed by atoms with Gasteiger partial charge in [0.1, 0.15) is 0 Å². The number of rotatable bonds is 3. The van der Waals surface area contributed by atoms with Crippen molar-refractivity contribution in [3.8, 4) is 0 Å². The van der Waals surface area contributed by atoms with Gasteiger partial charge in [-0.15, -0.1) is 0 Å². The van der Waals surface area contributed by atoms with Crippen LogP contribution in [0.4, 0.5) is 0 Å². The van der Waals surface area contributed by atoms with E-state index in [0.717, 1.165) is 32.2 Å². The Morgan fingerprint density at radius 1 is 1.09 bits per heavy atom. The third-order valence-corrected chi connectivity index (χ3v) is 8.28. The van der Waals surface area contributed by atoms with Crippen molar-refractivity contribution < 1.29 is 8.42 Å². The summed E-state index contributed by atoms with van der Waals surface area (Å²) in [5.74, 6) is 0. The highest BCUT2D eigenvalue weighted by atomic mass is 32.2. The standard InChI is InChI=1S/C17H24N2O2S/c1-18-11-9-17(14-5-3-2-4-6-14)10-12-19(13-16(17)18)22(20,21)15-7-8-15/h2-6,15-16H,7-13H2,1H3/t16-,17-/m1/s1. The minimum absolute atomic E-state index is 0.0940. The lowest BCUT2D eigenvalue weighted by Crippen LogP contribution is -2.56. The smallest absolute Gasteiger partial charge is 0.217 e. The molecule has 2 atom stereocenters. The number of hydrogen-bond donors (Lipinski definition) is 0. The molecule has 0 bridgehead atoms. The zero-order chi connectivity index (χ0) is 15.4. The molecule has 2 heterocycles. The minimum atomic E-state index is -3.05. The fourth-order valence-electron chi connectivity index (χ4n) is 4.39. The lowest BCUT2D eigenvalue weighted by atomic mass is 9.70. The highest BCUT2D eigenvalue weighted by Gasteiger charge is 2.53. The van der Waals surface area contributed by atoms with Gasteiger partial charge in [0.05, 0.1) is 5.25 Å². The van der Waals surface area contributed by atoms with E-state index in [1.807, 2.05) is 0 Å². The molecule has 3 aliphatic rings. The zero-order valence-corrected chi connectivity index (χ0v) is 13.9. The van der Waals surface area contributed by atoms with E-state index in [1.54, 1.807) is 4.31 Å². The Morgan fingerprint density at radius 3 is 2.45 bits per heavy atom. The Bertz CT molecular complexity index is 656. The number of benzene rings is 1. The zero-order valence-electron chi connectivity index (χ0n) is 13.1. The third kappa shape index (κ3) is 2.14. The highest BCUT2D eigenvalue weighted by molar-refractivity contribution is 7.90. The van der Waals surface area contributed by atoms with Crippen LogP contribution in [0.2, 0.25) is 0 Å². The molecule has 3 fully saturated rings. The summed E-state index contributed by atoms with van der Waals surface area (Å²) in [5.41, 5.74) is 1.51. The molecular weight excluding hydrogens is 296 g/mol. The van der Waals surface area contributed by atoms with Gasteiger partial charge in [0.2, 0.25) is 10.0 Å². The van der Waals surface area contributed by atoms with Gasteiger partial charge in [-0.1, -0.05) is 30.3 Å². The number of likely N-dealkylation sites (tertiary alicyclic amines) is 1. The van der Waals surface area contributed by atoms with Crippen molar-refractivity contribution >= 4 is 10.0 Å². The fourth-order valence-corrected chi connectivity index (χ4v) is 6.24. The van der Waals surface area contributed by atoms with E-state index in [2.05, 4.69) is 42.3 Å². The molecule has 1 saturated carbocycles. The number of sulfonamides is 1. The molecule has 22 heavy (non-hydrogen) atoms. The number of hydrogen-bond acceptors (Lipinski definition) is 3. The second-order valence-electron chi connectivity index (χ2n) is 7.12. The van der Waals surface area contributed by atoms with Crippen molar-refractivity contribution in [2.24, 2.45) is 0 Å². The van der Waals surface area contributed by atoms with Crippen LogP contribution < -0.4 is 0 Å². The number of piperidine rings is 1. The van der Waals surface area contributed by atoms with Crippen molar-refractivity contribution in [1.29, 1.82) is 0 Å². The summed E-state index contributed by atoms with van der Waals surface area (Å²) < 4.78 is 27.0. The van der Waals surface area contributed by atoms with Crippen LogP contribution in [-0.4, -0.2) is 55.6 Å². The average molecular weight is 320 g/mol. The van der Waals surface area contributed by atoms with E-state index in [4.69, 9.17) is 0 Å². The van der Waals surface area contributed by atoms with Gasteiger partial charge in [-0.05, 0) is 44.8 Å². The quantitative estimate of drug-likeness (QED) is 0.853. The van der Waals surface area contributed by atoms with Crippen LogP contribution in [0.1, 0.15) is 31.2 Å². The topological polar surface area (TPSA) is 40.6 Å². The van der Waals surface area contributed by atoms with Crippen molar-refractivity contribution in [2.45, 2.75) is 42.4 Å². The first-order valence-electron chi connectivity index (χ1n) is 8.29. The van der Waals surface area contributed by atoms with Crippen molar-refractivity contribution in [1.82, 2.24) is 9.21 Å². The lowest BCUT2D eigenvalue weighted by Gasteiger charge is -2.45. The van der Waals surface area contributed by atoms with Gasteiger partial charge in [-0.25, -0.2) is 12.7 Å². The Hall–Kier alpha value is -0.910. The van der Waals surface area contributed by atoms with Crippen LogP contribution >= 0.6 is 0 Å². The molecule has 1 aromatic rings. The van der Waals surface area contributed by atoms with Gasteiger partial charge in [-0.2, -0.15) is 0 Å². The first kappa shape index (κ1) is 14.7. The summed E-state index contributed by atoms with van der Waals surface area (Å²) in [7, 11) is -0.912. The average Bonchev–Trinajstić information content (AvgIpc) is 3.34. The normalized spacial score (nSPS) is 33.8. The van der Waals surface area contributed by atoms with Crippen LogP contribution in [0, 0.1) is 0 Å². The maximum absolute atomic E-state index is 12.6. The van der Waals surface area contributed by atoms with Gasteiger partial charge >= 0.3 is 0 Å². The van der Waals surface area contributed by atoms with E-state index in [0.29, 0.717) is 19.1 Å². The van der Waals surface area contributed by atoms with E-state index in [-0.39, 0.29) is 10.7 Å². The van der Waals surface area contributed by atoms with Gasteiger partial charge in [0, 0.05) is 24.5 Å². The Kier molecular flexibility index (Phi) is 3.36. The summed E-state index contributed by atoms with van der Waals surface area (Å²) >= 11 is 0. The van der Waals surface area contributed by atoms with Crippen molar-refractivity contribution in [2.75, 3.05) is 26.7 Å². The number of nitrogens with zero attached hydrogens (tertiary/aromatic N) is 2. The summed E-state index contributed by atoms with van der Waals surface area (Å²) in [6.45, 7) is 2.39. The first-order chi connectivity index (χ1) is 10.5. The SMILES string of the molecule is CN1CC[C@]2(c3ccccc3)CCN(S(=O)(=O)C3CC3)C[C@@H]12. The van der Waals surface area contributed by atoms with Gasteiger partial charge in [-0.3, -0.25) is 0 Å². The van der Waals surface area contributed by atoms with E-state index < -0.39 is 10.0 Å². The van der Waals surface area contributed by atoms with E-state index >= 15 is 0 Å². The second kappa shape index (κ2) is 5.05.